The summed E-state index contributed by atoms with van der Waals surface area (Å²) in [6.45, 7) is 0.516. The van der Waals surface area contributed by atoms with Crippen LogP contribution in [0.2, 0.25) is 0 Å². The zero-order chi connectivity index (χ0) is 19.5. The first-order valence-electron chi connectivity index (χ1n) is 8.98. The molecule has 1 unspecified atom stereocenters. The van der Waals surface area contributed by atoms with Crippen LogP contribution < -0.4 is 15.5 Å². The number of benzene rings is 1. The molecule has 2 N–H and O–H groups in total. The lowest BCUT2D eigenvalue weighted by atomic mass is 10.1. The standard InChI is InChI=1S/C20H20N6O2/c1-25-18(24-20(28)16-7-3-9-21-19(16)25)14-5-2-6-15(13-14)23-17(27)8-12-26-11-4-10-22-26/h2-7,9-11,13,18H,8,12H2,1H3,(H,23,27)(H,24,28). The molecule has 28 heavy (non-hydrogen) atoms. The number of carbonyl (C=O) groups excluding carboxylic acids is 2. The van der Waals surface area contributed by atoms with Gasteiger partial charge in [0.25, 0.3) is 5.91 Å². The third-order valence-electron chi connectivity index (χ3n) is 4.63. The summed E-state index contributed by atoms with van der Waals surface area (Å²) in [4.78, 5) is 30.9. The fraction of sp³-hybridized carbons (Fsp3) is 0.200. The average Bonchev–Trinajstić information content (AvgIpc) is 3.23. The van der Waals surface area contributed by atoms with Crippen molar-refractivity contribution in [2.45, 2.75) is 19.1 Å². The van der Waals surface area contributed by atoms with Crippen LogP contribution in [0.25, 0.3) is 0 Å². The third kappa shape index (κ3) is 3.57. The van der Waals surface area contributed by atoms with Gasteiger partial charge >= 0.3 is 0 Å². The van der Waals surface area contributed by atoms with Gasteiger partial charge in [-0.1, -0.05) is 12.1 Å². The highest BCUT2D eigenvalue weighted by Gasteiger charge is 2.30. The van der Waals surface area contributed by atoms with Crippen molar-refractivity contribution in [3.05, 3.63) is 72.2 Å². The van der Waals surface area contributed by atoms with Gasteiger partial charge in [-0.3, -0.25) is 14.3 Å². The smallest absolute Gasteiger partial charge is 0.256 e. The summed E-state index contributed by atoms with van der Waals surface area (Å²) in [6.07, 6.45) is 5.13. The van der Waals surface area contributed by atoms with Crippen molar-refractivity contribution in [2.75, 3.05) is 17.3 Å². The molecule has 0 bridgehead atoms. The van der Waals surface area contributed by atoms with Crippen molar-refractivity contribution in [1.82, 2.24) is 20.1 Å². The molecule has 1 atom stereocenters. The Morgan fingerprint density at radius 2 is 2.11 bits per heavy atom. The van der Waals surface area contributed by atoms with Crippen LogP contribution in [0.4, 0.5) is 11.5 Å². The van der Waals surface area contributed by atoms with Gasteiger partial charge in [0.1, 0.15) is 12.0 Å². The molecule has 0 radical (unpaired) electrons. The first-order chi connectivity index (χ1) is 13.6. The molecule has 1 aromatic carbocycles. The van der Waals surface area contributed by atoms with E-state index < -0.39 is 0 Å². The monoisotopic (exact) mass is 376 g/mol. The number of nitrogens with one attached hydrogen (secondary N) is 2. The first kappa shape index (κ1) is 17.7. The number of hydrogen-bond acceptors (Lipinski definition) is 5. The van der Waals surface area contributed by atoms with Gasteiger partial charge in [-0.05, 0) is 35.9 Å². The van der Waals surface area contributed by atoms with Crippen LogP contribution in [0.15, 0.2) is 61.1 Å². The Morgan fingerprint density at radius 1 is 1.21 bits per heavy atom. The van der Waals surface area contributed by atoms with Gasteiger partial charge in [0.05, 0.1) is 5.56 Å². The van der Waals surface area contributed by atoms with Gasteiger partial charge < -0.3 is 15.5 Å². The molecule has 1 aliphatic rings. The quantitative estimate of drug-likeness (QED) is 0.712. The molecule has 8 nitrogen and oxygen atoms in total. The normalized spacial score (nSPS) is 15.7. The molecule has 1 aliphatic heterocycles. The first-order valence-corrected chi connectivity index (χ1v) is 8.98. The van der Waals surface area contributed by atoms with Crippen LogP contribution in [-0.2, 0) is 11.3 Å². The van der Waals surface area contributed by atoms with Crippen molar-refractivity contribution in [3.63, 3.8) is 0 Å². The van der Waals surface area contributed by atoms with Gasteiger partial charge in [-0.25, -0.2) is 4.98 Å². The van der Waals surface area contributed by atoms with Crippen molar-refractivity contribution in [1.29, 1.82) is 0 Å². The van der Waals surface area contributed by atoms with Crippen molar-refractivity contribution >= 4 is 23.3 Å². The van der Waals surface area contributed by atoms with E-state index in [-0.39, 0.29) is 18.0 Å². The number of carbonyl (C=O) groups is 2. The SMILES string of the molecule is CN1c2ncccc2C(=O)NC1c1cccc(NC(=O)CCn2cccn2)c1. The Kier molecular flexibility index (Phi) is 4.76. The maximum atomic E-state index is 12.4. The van der Waals surface area contributed by atoms with Crippen LogP contribution in [0.3, 0.4) is 0 Å². The van der Waals surface area contributed by atoms with Crippen LogP contribution >= 0.6 is 0 Å². The minimum Gasteiger partial charge on any atom is -0.335 e. The van der Waals surface area contributed by atoms with Crippen LogP contribution in [-0.4, -0.2) is 33.6 Å². The van der Waals surface area contributed by atoms with E-state index in [9.17, 15) is 9.59 Å². The molecule has 4 rings (SSSR count). The van der Waals surface area contributed by atoms with Crippen LogP contribution in [0.1, 0.15) is 28.5 Å². The summed E-state index contributed by atoms with van der Waals surface area (Å²) in [7, 11) is 1.88. The van der Waals surface area contributed by atoms with Crippen LogP contribution in [0.5, 0.6) is 0 Å². The molecule has 0 spiro atoms. The molecule has 3 aromatic rings. The van der Waals surface area contributed by atoms with Crippen molar-refractivity contribution in [2.24, 2.45) is 0 Å². The topological polar surface area (TPSA) is 92.2 Å². The lowest BCUT2D eigenvalue weighted by Gasteiger charge is -2.35. The van der Waals surface area contributed by atoms with E-state index >= 15 is 0 Å². The summed E-state index contributed by atoms with van der Waals surface area (Å²) in [5, 5.41) is 9.98. The second kappa shape index (κ2) is 7.51. The number of nitrogens with zero attached hydrogens (tertiary/aromatic N) is 4. The molecule has 2 aromatic heterocycles. The number of aryl methyl sites for hydroxylation is 1. The maximum Gasteiger partial charge on any atom is 0.256 e. The Balaban J connectivity index is 1.48. The lowest BCUT2D eigenvalue weighted by molar-refractivity contribution is -0.116. The van der Waals surface area contributed by atoms with E-state index in [0.717, 1.165) is 5.56 Å². The Bertz CT molecular complexity index is 1000. The predicted octanol–water partition coefficient (Wildman–Crippen LogP) is 2.19. The Labute approximate surface area is 162 Å². The average molecular weight is 376 g/mol. The summed E-state index contributed by atoms with van der Waals surface area (Å²) in [5.41, 5.74) is 2.08. The summed E-state index contributed by atoms with van der Waals surface area (Å²) >= 11 is 0. The number of anilines is 2. The number of fused-ring (bicyclic) bond motifs is 1. The number of aromatic nitrogens is 3. The second-order valence-electron chi connectivity index (χ2n) is 6.55. The highest BCUT2D eigenvalue weighted by molar-refractivity contribution is 6.01. The number of rotatable bonds is 5. The van der Waals surface area contributed by atoms with E-state index in [1.807, 2.05) is 48.5 Å². The zero-order valence-corrected chi connectivity index (χ0v) is 15.4. The lowest BCUT2D eigenvalue weighted by Crippen LogP contribution is -2.45. The predicted molar refractivity (Wildman–Crippen MR) is 105 cm³/mol. The summed E-state index contributed by atoms with van der Waals surface area (Å²) in [6, 6.07) is 12.8. The van der Waals surface area contributed by atoms with E-state index in [1.54, 1.807) is 29.2 Å². The molecule has 0 saturated heterocycles. The molecular weight excluding hydrogens is 356 g/mol. The van der Waals surface area contributed by atoms with E-state index in [4.69, 9.17) is 0 Å². The third-order valence-corrected chi connectivity index (χ3v) is 4.63. The van der Waals surface area contributed by atoms with Gasteiger partial charge in [0.15, 0.2) is 0 Å². The highest BCUT2D eigenvalue weighted by atomic mass is 16.2. The zero-order valence-electron chi connectivity index (χ0n) is 15.4. The maximum absolute atomic E-state index is 12.4. The summed E-state index contributed by atoms with van der Waals surface area (Å²) < 4.78 is 1.72. The number of pyridine rings is 1. The van der Waals surface area contributed by atoms with Crippen LogP contribution in [0, 0.1) is 0 Å². The van der Waals surface area contributed by atoms with Crippen molar-refractivity contribution in [3.8, 4) is 0 Å². The number of amides is 2. The largest absolute Gasteiger partial charge is 0.335 e. The fourth-order valence-corrected chi connectivity index (χ4v) is 3.24. The molecule has 0 fully saturated rings. The minimum atomic E-state index is -0.365. The molecule has 8 heteroatoms. The molecule has 0 aliphatic carbocycles. The minimum absolute atomic E-state index is 0.0966. The molecule has 3 heterocycles. The number of hydrogen-bond donors (Lipinski definition) is 2. The van der Waals surface area contributed by atoms with Gasteiger partial charge in [-0.2, -0.15) is 5.10 Å². The van der Waals surface area contributed by atoms with Gasteiger partial charge in [0.2, 0.25) is 5.91 Å². The van der Waals surface area contributed by atoms with E-state index in [0.29, 0.717) is 30.0 Å². The molecular formula is C20H20N6O2. The second-order valence-corrected chi connectivity index (χ2v) is 6.55. The Hall–Kier alpha value is -3.68. The van der Waals surface area contributed by atoms with Crippen molar-refractivity contribution < 1.29 is 9.59 Å². The molecule has 142 valence electrons. The molecule has 2 amide bonds. The summed E-state index contributed by atoms with van der Waals surface area (Å²) in [5.74, 6) is 0.366. The molecule has 0 saturated carbocycles. The fourth-order valence-electron chi connectivity index (χ4n) is 3.24. The van der Waals surface area contributed by atoms with Gasteiger partial charge in [-0.15, -0.1) is 0 Å². The van der Waals surface area contributed by atoms with Gasteiger partial charge in [0, 0.05) is 44.3 Å². The van der Waals surface area contributed by atoms with E-state index in [2.05, 4.69) is 20.7 Å². The highest BCUT2D eigenvalue weighted by Crippen LogP contribution is 2.30. The Morgan fingerprint density at radius 3 is 2.93 bits per heavy atom. The van der Waals surface area contributed by atoms with E-state index in [1.165, 1.54) is 0 Å².